The Hall–Kier alpha value is -3.13. The molecule has 0 aliphatic carbocycles. The molecule has 3 rings (SSSR count). The van der Waals surface area contributed by atoms with E-state index in [1.807, 2.05) is 0 Å². The lowest BCUT2D eigenvalue weighted by atomic mass is 10.2. The van der Waals surface area contributed by atoms with Gasteiger partial charge in [0.25, 0.3) is 15.9 Å². The van der Waals surface area contributed by atoms with Crippen LogP contribution in [0.25, 0.3) is 0 Å². The third-order valence-corrected chi connectivity index (χ3v) is 4.52. The summed E-state index contributed by atoms with van der Waals surface area (Å²) in [6, 6.07) is 15.8. The van der Waals surface area contributed by atoms with Crippen LogP contribution in [-0.4, -0.2) is 19.5 Å². The second-order valence-electron chi connectivity index (χ2n) is 4.80. The van der Waals surface area contributed by atoms with Crippen LogP contribution in [0.2, 0.25) is 0 Å². The second kappa shape index (κ2) is 6.55. The minimum atomic E-state index is -3.76. The number of anilines is 2. The molecule has 3 aromatic rings. The third-order valence-electron chi connectivity index (χ3n) is 3.14. The topological polar surface area (TPSA) is 101 Å². The maximum absolute atomic E-state index is 12.4. The third kappa shape index (κ3) is 3.44. The van der Waals surface area contributed by atoms with Crippen LogP contribution in [0.1, 0.15) is 10.5 Å². The quantitative estimate of drug-likeness (QED) is 0.742. The van der Waals surface area contributed by atoms with Crippen LogP contribution in [-0.2, 0) is 10.0 Å². The van der Waals surface area contributed by atoms with Gasteiger partial charge in [-0.3, -0.25) is 9.52 Å². The summed E-state index contributed by atoms with van der Waals surface area (Å²) < 4.78 is 31.9. The van der Waals surface area contributed by atoms with Crippen molar-refractivity contribution in [2.45, 2.75) is 4.90 Å². The van der Waals surface area contributed by atoms with Gasteiger partial charge in [-0.15, -0.1) is 0 Å². The predicted molar refractivity (Wildman–Crippen MR) is 88.1 cm³/mol. The fourth-order valence-corrected chi connectivity index (χ4v) is 3.10. The lowest BCUT2D eigenvalue weighted by Crippen LogP contribution is -2.17. The van der Waals surface area contributed by atoms with Crippen molar-refractivity contribution in [1.29, 1.82) is 0 Å². The Morgan fingerprint density at radius 1 is 0.917 bits per heavy atom. The summed E-state index contributed by atoms with van der Waals surface area (Å²) in [6.07, 6.45) is 1.28. The van der Waals surface area contributed by atoms with Crippen molar-refractivity contribution in [3.8, 4) is 0 Å². The van der Waals surface area contributed by atoms with E-state index >= 15 is 0 Å². The first kappa shape index (κ1) is 15.8. The number of nitrogens with one attached hydrogen (secondary N) is 2. The van der Waals surface area contributed by atoms with Crippen LogP contribution < -0.4 is 10.0 Å². The van der Waals surface area contributed by atoms with E-state index in [0.717, 1.165) is 0 Å². The van der Waals surface area contributed by atoms with E-state index in [9.17, 15) is 13.2 Å². The number of sulfonamides is 1. The first-order valence-electron chi connectivity index (χ1n) is 6.95. The summed E-state index contributed by atoms with van der Waals surface area (Å²) >= 11 is 0. The highest BCUT2D eigenvalue weighted by atomic mass is 32.2. The SMILES string of the molecule is O=C(Nc1ccccc1NS(=O)(=O)c1ccccc1)c1ccon1. The Labute approximate surface area is 138 Å². The van der Waals surface area contributed by atoms with E-state index in [-0.39, 0.29) is 16.3 Å². The number of carbonyl (C=O) groups is 1. The van der Waals surface area contributed by atoms with Crippen molar-refractivity contribution < 1.29 is 17.7 Å². The molecule has 0 radical (unpaired) electrons. The van der Waals surface area contributed by atoms with Crippen LogP contribution in [0.5, 0.6) is 0 Å². The van der Waals surface area contributed by atoms with Crippen LogP contribution in [0.4, 0.5) is 11.4 Å². The van der Waals surface area contributed by atoms with Crippen LogP contribution >= 0.6 is 0 Å². The Bertz CT molecular complexity index is 938. The van der Waals surface area contributed by atoms with E-state index < -0.39 is 15.9 Å². The zero-order chi connectivity index (χ0) is 17.0. The van der Waals surface area contributed by atoms with Crippen LogP contribution in [0, 0.1) is 0 Å². The number of benzene rings is 2. The largest absolute Gasteiger partial charge is 0.364 e. The van der Waals surface area contributed by atoms with Crippen molar-refractivity contribution in [3.63, 3.8) is 0 Å². The van der Waals surface area contributed by atoms with Gasteiger partial charge in [-0.2, -0.15) is 0 Å². The molecule has 0 aliphatic heterocycles. The van der Waals surface area contributed by atoms with Gasteiger partial charge in [-0.1, -0.05) is 35.5 Å². The van der Waals surface area contributed by atoms with E-state index in [1.54, 1.807) is 42.5 Å². The first-order chi connectivity index (χ1) is 11.6. The maximum Gasteiger partial charge on any atom is 0.277 e. The number of aromatic nitrogens is 1. The van der Waals surface area contributed by atoms with Crippen LogP contribution in [0.3, 0.4) is 0 Å². The molecule has 0 aliphatic rings. The standard InChI is InChI=1S/C16H13N3O4S/c20-16(15-10-11-23-18-15)17-13-8-4-5-9-14(13)19-24(21,22)12-6-2-1-3-7-12/h1-11,19H,(H,17,20). The van der Waals surface area contributed by atoms with Gasteiger partial charge in [0.1, 0.15) is 6.26 Å². The molecule has 8 heteroatoms. The van der Waals surface area contributed by atoms with Gasteiger partial charge in [0.05, 0.1) is 16.3 Å². The minimum Gasteiger partial charge on any atom is -0.364 e. The Kier molecular flexibility index (Phi) is 4.30. The first-order valence-corrected chi connectivity index (χ1v) is 8.43. The van der Waals surface area contributed by atoms with Crippen molar-refractivity contribution in [1.82, 2.24) is 5.16 Å². The number of hydrogen-bond acceptors (Lipinski definition) is 5. The summed E-state index contributed by atoms with van der Waals surface area (Å²) in [5.74, 6) is -0.505. The highest BCUT2D eigenvalue weighted by molar-refractivity contribution is 7.92. The molecular formula is C16H13N3O4S. The lowest BCUT2D eigenvalue weighted by Gasteiger charge is -2.13. The highest BCUT2D eigenvalue weighted by Crippen LogP contribution is 2.24. The molecule has 1 aromatic heterocycles. The molecule has 0 bridgehead atoms. The molecule has 0 saturated carbocycles. The van der Waals surface area contributed by atoms with Gasteiger partial charge in [0.15, 0.2) is 5.69 Å². The highest BCUT2D eigenvalue weighted by Gasteiger charge is 2.17. The summed E-state index contributed by atoms with van der Waals surface area (Å²) in [5.41, 5.74) is 0.652. The van der Waals surface area contributed by atoms with E-state index in [2.05, 4.69) is 19.7 Å². The van der Waals surface area contributed by atoms with Gasteiger partial charge in [0, 0.05) is 6.07 Å². The predicted octanol–water partition coefficient (Wildman–Crippen LogP) is 2.73. The average molecular weight is 343 g/mol. The molecule has 122 valence electrons. The Morgan fingerprint density at radius 3 is 2.25 bits per heavy atom. The van der Waals surface area contributed by atoms with Gasteiger partial charge >= 0.3 is 0 Å². The number of nitrogens with zero attached hydrogens (tertiary/aromatic N) is 1. The van der Waals surface area contributed by atoms with E-state index in [1.165, 1.54) is 24.5 Å². The van der Waals surface area contributed by atoms with Gasteiger partial charge in [0.2, 0.25) is 0 Å². The monoisotopic (exact) mass is 343 g/mol. The summed E-state index contributed by atoms with van der Waals surface area (Å²) in [4.78, 5) is 12.2. The molecule has 0 unspecified atom stereocenters. The Balaban J connectivity index is 1.86. The smallest absolute Gasteiger partial charge is 0.277 e. The fraction of sp³-hybridized carbons (Fsp3) is 0. The fourth-order valence-electron chi connectivity index (χ4n) is 2.00. The number of hydrogen-bond donors (Lipinski definition) is 2. The van der Waals surface area contributed by atoms with Crippen molar-refractivity contribution >= 4 is 27.3 Å². The minimum absolute atomic E-state index is 0.0933. The molecule has 1 heterocycles. The molecule has 1 amide bonds. The van der Waals surface area contributed by atoms with Crippen LogP contribution in [0.15, 0.2) is 76.3 Å². The number of rotatable bonds is 5. The van der Waals surface area contributed by atoms with Crippen molar-refractivity contribution in [2.75, 3.05) is 10.0 Å². The van der Waals surface area contributed by atoms with E-state index in [4.69, 9.17) is 0 Å². The molecule has 24 heavy (non-hydrogen) atoms. The summed E-state index contributed by atoms with van der Waals surface area (Å²) in [7, 11) is -3.76. The lowest BCUT2D eigenvalue weighted by molar-refractivity contribution is 0.101. The molecule has 0 atom stereocenters. The Morgan fingerprint density at radius 2 is 1.58 bits per heavy atom. The molecular weight excluding hydrogens is 330 g/mol. The zero-order valence-corrected chi connectivity index (χ0v) is 13.2. The van der Waals surface area contributed by atoms with E-state index in [0.29, 0.717) is 5.69 Å². The second-order valence-corrected chi connectivity index (χ2v) is 6.49. The van der Waals surface area contributed by atoms with Crippen molar-refractivity contribution in [2.24, 2.45) is 0 Å². The summed E-state index contributed by atoms with van der Waals surface area (Å²) in [6.45, 7) is 0. The number of carbonyl (C=O) groups excluding carboxylic acids is 1. The molecule has 7 nitrogen and oxygen atoms in total. The molecule has 0 fully saturated rings. The van der Waals surface area contributed by atoms with Gasteiger partial charge < -0.3 is 9.84 Å². The molecule has 0 spiro atoms. The molecule has 2 aromatic carbocycles. The molecule has 2 N–H and O–H groups in total. The zero-order valence-electron chi connectivity index (χ0n) is 12.3. The molecule has 0 saturated heterocycles. The normalized spacial score (nSPS) is 11.0. The number of para-hydroxylation sites is 2. The van der Waals surface area contributed by atoms with Gasteiger partial charge in [-0.05, 0) is 24.3 Å². The summed E-state index contributed by atoms with van der Waals surface area (Å²) in [5, 5.41) is 6.14. The maximum atomic E-state index is 12.4. The van der Waals surface area contributed by atoms with Gasteiger partial charge in [-0.25, -0.2) is 8.42 Å². The van der Waals surface area contributed by atoms with Crippen molar-refractivity contribution in [3.05, 3.63) is 72.6 Å². The number of amides is 1. The average Bonchev–Trinajstić information content (AvgIpc) is 3.12.